The minimum absolute atomic E-state index is 0.132. The Labute approximate surface area is 95.6 Å². The molecule has 1 aromatic rings. The van der Waals surface area contributed by atoms with E-state index < -0.39 is 0 Å². The monoisotopic (exact) mass is 222 g/mol. The van der Waals surface area contributed by atoms with Crippen molar-refractivity contribution in [2.75, 3.05) is 31.2 Å². The second-order valence-electron chi connectivity index (χ2n) is 4.13. The molecule has 1 saturated heterocycles. The number of nitrogens with two attached hydrogens (primary N) is 1. The molecule has 5 nitrogen and oxygen atoms in total. The van der Waals surface area contributed by atoms with Gasteiger partial charge in [0.2, 0.25) is 5.95 Å². The first-order valence-electron chi connectivity index (χ1n) is 5.66. The molecule has 1 atom stereocenters. The molecule has 2 N–H and O–H groups in total. The molecule has 0 amide bonds. The van der Waals surface area contributed by atoms with Gasteiger partial charge >= 0.3 is 0 Å². The molecule has 1 aliphatic heterocycles. The van der Waals surface area contributed by atoms with Crippen LogP contribution >= 0.6 is 0 Å². The number of aromatic nitrogens is 2. The van der Waals surface area contributed by atoms with Gasteiger partial charge in [0.05, 0.1) is 13.2 Å². The van der Waals surface area contributed by atoms with Crippen molar-refractivity contribution in [3.63, 3.8) is 0 Å². The third-order valence-corrected chi connectivity index (χ3v) is 2.53. The highest BCUT2D eigenvalue weighted by atomic mass is 16.5. The lowest BCUT2D eigenvalue weighted by atomic mass is 10.2. The summed E-state index contributed by atoms with van der Waals surface area (Å²) in [5.41, 5.74) is 6.76. The average molecular weight is 222 g/mol. The average Bonchev–Trinajstić information content (AvgIpc) is 2.30. The fourth-order valence-corrected chi connectivity index (χ4v) is 1.74. The smallest absolute Gasteiger partial charge is 0.225 e. The Morgan fingerprint density at radius 1 is 1.50 bits per heavy atom. The summed E-state index contributed by atoms with van der Waals surface area (Å²) in [7, 11) is 0. The molecular weight excluding hydrogens is 204 g/mol. The maximum absolute atomic E-state index is 5.76. The summed E-state index contributed by atoms with van der Waals surface area (Å²) < 4.78 is 5.30. The van der Waals surface area contributed by atoms with Crippen molar-refractivity contribution in [3.05, 3.63) is 18.0 Å². The zero-order chi connectivity index (χ0) is 11.4. The third-order valence-electron chi connectivity index (χ3n) is 2.53. The first-order valence-corrected chi connectivity index (χ1v) is 5.66. The number of hydrogen-bond acceptors (Lipinski definition) is 5. The molecule has 1 fully saturated rings. The first kappa shape index (κ1) is 11.3. The summed E-state index contributed by atoms with van der Waals surface area (Å²) in [6.07, 6.45) is 2.59. The Morgan fingerprint density at radius 3 is 2.94 bits per heavy atom. The molecule has 2 heterocycles. The fraction of sp³-hybridized carbons (Fsp3) is 0.636. The molecule has 1 unspecified atom stereocenters. The van der Waals surface area contributed by atoms with E-state index in [9.17, 15) is 0 Å². The van der Waals surface area contributed by atoms with Crippen LogP contribution in [0.5, 0.6) is 0 Å². The molecule has 0 aromatic carbocycles. The van der Waals surface area contributed by atoms with Crippen LogP contribution in [0.2, 0.25) is 0 Å². The Morgan fingerprint density at radius 2 is 2.25 bits per heavy atom. The van der Waals surface area contributed by atoms with E-state index in [-0.39, 0.29) is 6.04 Å². The van der Waals surface area contributed by atoms with Gasteiger partial charge in [-0.3, -0.25) is 0 Å². The van der Waals surface area contributed by atoms with Gasteiger partial charge in [0.1, 0.15) is 0 Å². The number of rotatable bonds is 3. The van der Waals surface area contributed by atoms with Gasteiger partial charge in [-0.2, -0.15) is 0 Å². The summed E-state index contributed by atoms with van der Waals surface area (Å²) >= 11 is 0. The molecule has 5 heteroatoms. The van der Waals surface area contributed by atoms with Crippen LogP contribution in [0.1, 0.15) is 12.6 Å². The van der Waals surface area contributed by atoms with Gasteiger partial charge in [-0.15, -0.1) is 0 Å². The van der Waals surface area contributed by atoms with E-state index >= 15 is 0 Å². The van der Waals surface area contributed by atoms with Crippen LogP contribution in [-0.2, 0) is 11.2 Å². The van der Waals surface area contributed by atoms with Gasteiger partial charge < -0.3 is 15.4 Å². The minimum atomic E-state index is 0.132. The molecule has 0 aliphatic carbocycles. The van der Waals surface area contributed by atoms with Crippen LogP contribution in [0.3, 0.4) is 0 Å². The molecule has 0 saturated carbocycles. The zero-order valence-electron chi connectivity index (χ0n) is 9.59. The number of anilines is 1. The molecule has 0 spiro atoms. The van der Waals surface area contributed by atoms with Gasteiger partial charge in [0.25, 0.3) is 0 Å². The predicted octanol–water partition coefficient (Wildman–Crippen LogP) is 0.203. The number of ether oxygens (including phenoxy) is 1. The maximum atomic E-state index is 5.76. The lowest BCUT2D eigenvalue weighted by molar-refractivity contribution is 0.122. The first-order chi connectivity index (χ1) is 7.75. The summed E-state index contributed by atoms with van der Waals surface area (Å²) in [5, 5.41) is 0. The topological polar surface area (TPSA) is 64.3 Å². The Kier molecular flexibility index (Phi) is 3.69. The molecule has 16 heavy (non-hydrogen) atoms. The fourth-order valence-electron chi connectivity index (χ4n) is 1.74. The van der Waals surface area contributed by atoms with Gasteiger partial charge in [-0.25, -0.2) is 9.97 Å². The molecule has 88 valence electrons. The Balaban J connectivity index is 2.08. The van der Waals surface area contributed by atoms with E-state index in [1.807, 2.05) is 13.0 Å². The lowest BCUT2D eigenvalue weighted by Gasteiger charge is -2.26. The Hall–Kier alpha value is -1.20. The van der Waals surface area contributed by atoms with Crippen molar-refractivity contribution in [3.8, 4) is 0 Å². The van der Waals surface area contributed by atoms with E-state index in [0.717, 1.165) is 44.4 Å². The minimum Gasteiger partial charge on any atom is -0.378 e. The van der Waals surface area contributed by atoms with Crippen LogP contribution < -0.4 is 10.6 Å². The SMILES string of the molecule is CC(N)Cc1ccnc(N2CCOCC2)n1. The van der Waals surface area contributed by atoms with Crippen molar-refractivity contribution in [2.45, 2.75) is 19.4 Å². The highest BCUT2D eigenvalue weighted by Gasteiger charge is 2.13. The van der Waals surface area contributed by atoms with Crippen LogP contribution in [0, 0.1) is 0 Å². The summed E-state index contributed by atoms with van der Waals surface area (Å²) in [5.74, 6) is 0.793. The van der Waals surface area contributed by atoms with Crippen molar-refractivity contribution in [2.24, 2.45) is 5.73 Å². The van der Waals surface area contributed by atoms with Crippen LogP contribution in [-0.4, -0.2) is 42.3 Å². The van der Waals surface area contributed by atoms with Gasteiger partial charge in [-0.05, 0) is 13.0 Å². The van der Waals surface area contributed by atoms with E-state index in [1.165, 1.54) is 0 Å². The predicted molar refractivity (Wildman–Crippen MR) is 62.4 cm³/mol. The van der Waals surface area contributed by atoms with Gasteiger partial charge in [0.15, 0.2) is 0 Å². The summed E-state index contributed by atoms with van der Waals surface area (Å²) in [6, 6.07) is 2.06. The highest BCUT2D eigenvalue weighted by Crippen LogP contribution is 2.10. The molecule has 2 rings (SSSR count). The second-order valence-corrected chi connectivity index (χ2v) is 4.13. The highest BCUT2D eigenvalue weighted by molar-refractivity contribution is 5.30. The van der Waals surface area contributed by atoms with E-state index in [1.54, 1.807) is 6.20 Å². The third kappa shape index (κ3) is 2.90. The lowest BCUT2D eigenvalue weighted by Crippen LogP contribution is -2.37. The normalized spacial score (nSPS) is 18.5. The molecule has 1 aromatic heterocycles. The van der Waals surface area contributed by atoms with Gasteiger partial charge in [-0.1, -0.05) is 0 Å². The molecule has 0 bridgehead atoms. The molecule has 1 aliphatic rings. The molecular formula is C11H18N4O. The van der Waals surface area contributed by atoms with Crippen molar-refractivity contribution >= 4 is 5.95 Å². The summed E-state index contributed by atoms with van der Waals surface area (Å²) in [4.78, 5) is 11.0. The van der Waals surface area contributed by atoms with Crippen molar-refractivity contribution in [1.29, 1.82) is 0 Å². The van der Waals surface area contributed by atoms with Crippen LogP contribution in [0.25, 0.3) is 0 Å². The maximum Gasteiger partial charge on any atom is 0.225 e. The Bertz CT molecular complexity index is 337. The number of hydrogen-bond donors (Lipinski definition) is 1. The largest absolute Gasteiger partial charge is 0.378 e. The number of morpholine rings is 1. The van der Waals surface area contributed by atoms with Gasteiger partial charge in [0, 0.05) is 37.4 Å². The quantitative estimate of drug-likeness (QED) is 0.791. The second kappa shape index (κ2) is 5.23. The van der Waals surface area contributed by atoms with E-state index in [4.69, 9.17) is 10.5 Å². The standard InChI is InChI=1S/C11H18N4O/c1-9(12)8-10-2-3-13-11(14-10)15-4-6-16-7-5-15/h2-3,9H,4-8,12H2,1H3. The zero-order valence-corrected chi connectivity index (χ0v) is 9.59. The summed E-state index contributed by atoms with van der Waals surface area (Å²) in [6.45, 7) is 5.21. The molecule has 0 radical (unpaired) electrons. The van der Waals surface area contributed by atoms with Crippen molar-refractivity contribution < 1.29 is 4.74 Å². The number of nitrogens with zero attached hydrogens (tertiary/aromatic N) is 3. The van der Waals surface area contributed by atoms with Crippen molar-refractivity contribution in [1.82, 2.24) is 9.97 Å². The van der Waals surface area contributed by atoms with E-state index in [2.05, 4.69) is 14.9 Å². The van der Waals surface area contributed by atoms with Crippen LogP contribution in [0.15, 0.2) is 12.3 Å². The van der Waals surface area contributed by atoms with Crippen LogP contribution in [0.4, 0.5) is 5.95 Å². The van der Waals surface area contributed by atoms with E-state index in [0.29, 0.717) is 0 Å².